The molecule has 0 fully saturated rings. The number of unbranched alkanes of at least 4 members (excludes halogenated alkanes) is 2. The van der Waals surface area contributed by atoms with Gasteiger partial charge in [-0.3, -0.25) is 0 Å². The van der Waals surface area contributed by atoms with E-state index in [1.54, 1.807) is 6.20 Å². The van der Waals surface area contributed by atoms with Crippen molar-refractivity contribution in [1.82, 2.24) is 15.4 Å². The zero-order valence-corrected chi connectivity index (χ0v) is 18.2. The highest BCUT2D eigenvalue weighted by atomic mass is 16.5. The molecule has 0 aliphatic rings. The second-order valence-corrected chi connectivity index (χ2v) is 7.50. The van der Waals surface area contributed by atoms with Crippen LogP contribution in [-0.4, -0.2) is 21.0 Å². The van der Waals surface area contributed by atoms with Crippen molar-refractivity contribution in [2.45, 2.75) is 64.9 Å². The van der Waals surface area contributed by atoms with E-state index >= 15 is 0 Å². The molecule has 0 unspecified atom stereocenters. The molecule has 30 heavy (non-hydrogen) atoms. The first-order valence-corrected chi connectivity index (χ1v) is 10.9. The van der Waals surface area contributed by atoms with E-state index in [0.717, 1.165) is 36.3 Å². The van der Waals surface area contributed by atoms with Crippen LogP contribution in [0.3, 0.4) is 0 Å². The fourth-order valence-corrected chi connectivity index (χ4v) is 3.62. The molecule has 0 spiro atoms. The van der Waals surface area contributed by atoms with Gasteiger partial charge in [0.25, 0.3) is 0 Å². The number of hydrogen-bond donors (Lipinski definition) is 0. The average Bonchev–Trinajstić information content (AvgIpc) is 2.80. The highest BCUT2D eigenvalue weighted by Gasteiger charge is 2.29. The van der Waals surface area contributed by atoms with E-state index in [2.05, 4.69) is 36.2 Å². The summed E-state index contributed by atoms with van der Waals surface area (Å²) in [6, 6.07) is 17.5. The molecule has 0 amide bonds. The zero-order chi connectivity index (χ0) is 21.2. The van der Waals surface area contributed by atoms with Crippen molar-refractivity contribution in [2.75, 3.05) is 0 Å². The van der Waals surface area contributed by atoms with Gasteiger partial charge in [0.15, 0.2) is 11.5 Å². The predicted molar refractivity (Wildman–Crippen MR) is 120 cm³/mol. The van der Waals surface area contributed by atoms with Gasteiger partial charge in [-0.15, -0.1) is 10.2 Å². The standard InChI is InChI=1S/C25H31N3O2/c1-4-7-12-18-25(5-2,6-3)30-24-16-11-10-15-23(24)29-22-14-9-8-13-20(22)21-17-19-26-28-27-21/h8-11,13-17,19H,4-7,12,18H2,1-3H3. The zero-order valence-electron chi connectivity index (χ0n) is 18.2. The number of rotatable bonds is 11. The Kier molecular flexibility index (Phi) is 7.77. The van der Waals surface area contributed by atoms with Gasteiger partial charge in [0.2, 0.25) is 0 Å². The van der Waals surface area contributed by atoms with Gasteiger partial charge in [0, 0.05) is 5.56 Å². The molecule has 3 aromatic rings. The van der Waals surface area contributed by atoms with Crippen LogP contribution >= 0.6 is 0 Å². The molecule has 0 saturated carbocycles. The van der Waals surface area contributed by atoms with E-state index in [4.69, 9.17) is 9.47 Å². The van der Waals surface area contributed by atoms with Crippen LogP contribution in [0.2, 0.25) is 0 Å². The van der Waals surface area contributed by atoms with Crippen LogP contribution in [0.25, 0.3) is 11.3 Å². The molecule has 0 N–H and O–H groups in total. The molecule has 0 saturated heterocycles. The minimum absolute atomic E-state index is 0.176. The quantitative estimate of drug-likeness (QED) is 0.327. The van der Waals surface area contributed by atoms with Crippen molar-refractivity contribution in [3.8, 4) is 28.5 Å². The SMILES string of the molecule is CCCCCC(CC)(CC)Oc1ccccc1Oc1ccccc1-c1ccnnn1. The van der Waals surface area contributed by atoms with E-state index in [-0.39, 0.29) is 5.60 Å². The van der Waals surface area contributed by atoms with Crippen molar-refractivity contribution in [3.05, 3.63) is 60.8 Å². The van der Waals surface area contributed by atoms with Crippen LogP contribution in [0, 0.1) is 0 Å². The molecule has 1 heterocycles. The molecule has 158 valence electrons. The summed E-state index contributed by atoms with van der Waals surface area (Å²) in [5.41, 5.74) is 1.41. The molecular weight excluding hydrogens is 374 g/mol. The Bertz CT molecular complexity index is 911. The van der Waals surface area contributed by atoms with Crippen molar-refractivity contribution in [2.24, 2.45) is 0 Å². The lowest BCUT2D eigenvalue weighted by atomic mass is 9.90. The summed E-state index contributed by atoms with van der Waals surface area (Å²) in [6.45, 7) is 6.64. The number of benzene rings is 2. The van der Waals surface area contributed by atoms with Crippen LogP contribution in [0.4, 0.5) is 0 Å². The van der Waals surface area contributed by atoms with E-state index in [0.29, 0.717) is 11.5 Å². The normalized spacial score (nSPS) is 11.3. The largest absolute Gasteiger partial charge is 0.483 e. The van der Waals surface area contributed by atoms with E-state index < -0.39 is 0 Å². The highest BCUT2D eigenvalue weighted by molar-refractivity contribution is 5.67. The van der Waals surface area contributed by atoms with Gasteiger partial charge in [-0.05, 0) is 61.2 Å². The fourth-order valence-electron chi connectivity index (χ4n) is 3.62. The van der Waals surface area contributed by atoms with Crippen LogP contribution in [0.1, 0.15) is 59.3 Å². The monoisotopic (exact) mass is 405 g/mol. The summed E-state index contributed by atoms with van der Waals surface area (Å²) in [5.74, 6) is 2.18. The number of ether oxygens (including phenoxy) is 2. The van der Waals surface area contributed by atoms with E-state index in [1.165, 1.54) is 19.3 Å². The Morgan fingerprint density at radius 3 is 2.17 bits per heavy atom. The summed E-state index contributed by atoms with van der Waals surface area (Å²) < 4.78 is 13.0. The van der Waals surface area contributed by atoms with Gasteiger partial charge in [-0.2, -0.15) is 0 Å². The second-order valence-electron chi connectivity index (χ2n) is 7.50. The Morgan fingerprint density at radius 2 is 1.50 bits per heavy atom. The summed E-state index contributed by atoms with van der Waals surface area (Å²) in [7, 11) is 0. The maximum absolute atomic E-state index is 6.63. The van der Waals surface area contributed by atoms with E-state index in [9.17, 15) is 0 Å². The molecule has 1 aromatic heterocycles. The lowest BCUT2D eigenvalue weighted by Crippen LogP contribution is -2.34. The second kappa shape index (κ2) is 10.7. The van der Waals surface area contributed by atoms with Crippen molar-refractivity contribution in [3.63, 3.8) is 0 Å². The van der Waals surface area contributed by atoms with E-state index in [1.807, 2.05) is 54.6 Å². The van der Waals surface area contributed by atoms with Crippen LogP contribution in [-0.2, 0) is 0 Å². The average molecular weight is 406 g/mol. The first-order valence-electron chi connectivity index (χ1n) is 10.9. The third-order valence-corrected chi connectivity index (χ3v) is 5.59. The smallest absolute Gasteiger partial charge is 0.169 e. The van der Waals surface area contributed by atoms with Crippen LogP contribution < -0.4 is 9.47 Å². The van der Waals surface area contributed by atoms with Gasteiger partial charge in [-0.1, -0.05) is 57.9 Å². The third kappa shape index (κ3) is 5.35. The molecular formula is C25H31N3O2. The van der Waals surface area contributed by atoms with Gasteiger partial charge in [0.05, 0.1) is 6.20 Å². The molecule has 0 atom stereocenters. The molecule has 5 heteroatoms. The Hall–Kier alpha value is -2.95. The summed E-state index contributed by atoms with van der Waals surface area (Å²) in [6.07, 6.45) is 8.20. The summed E-state index contributed by atoms with van der Waals surface area (Å²) >= 11 is 0. The van der Waals surface area contributed by atoms with Crippen molar-refractivity contribution >= 4 is 0 Å². The first-order chi connectivity index (χ1) is 14.7. The third-order valence-electron chi connectivity index (χ3n) is 5.59. The van der Waals surface area contributed by atoms with Gasteiger partial charge < -0.3 is 9.47 Å². The molecule has 0 aliphatic carbocycles. The first kappa shape index (κ1) is 21.8. The number of hydrogen-bond acceptors (Lipinski definition) is 5. The molecule has 0 aliphatic heterocycles. The number of para-hydroxylation sites is 3. The van der Waals surface area contributed by atoms with Crippen molar-refractivity contribution < 1.29 is 9.47 Å². The fraction of sp³-hybridized carbons (Fsp3) is 0.400. The molecule has 2 aromatic carbocycles. The number of nitrogens with zero attached hydrogens (tertiary/aromatic N) is 3. The topological polar surface area (TPSA) is 57.1 Å². The Labute approximate surface area is 179 Å². The molecule has 3 rings (SSSR count). The van der Waals surface area contributed by atoms with Gasteiger partial charge in [0.1, 0.15) is 17.0 Å². The summed E-state index contributed by atoms with van der Waals surface area (Å²) in [4.78, 5) is 0. The maximum Gasteiger partial charge on any atom is 0.169 e. The minimum atomic E-state index is -0.176. The molecule has 0 radical (unpaired) electrons. The van der Waals surface area contributed by atoms with Crippen LogP contribution in [0.15, 0.2) is 60.8 Å². The predicted octanol–water partition coefficient (Wildman–Crippen LogP) is 6.85. The lowest BCUT2D eigenvalue weighted by Gasteiger charge is -2.33. The lowest BCUT2D eigenvalue weighted by molar-refractivity contribution is 0.0461. The van der Waals surface area contributed by atoms with Crippen LogP contribution in [0.5, 0.6) is 17.2 Å². The maximum atomic E-state index is 6.63. The Morgan fingerprint density at radius 1 is 0.800 bits per heavy atom. The molecule has 5 nitrogen and oxygen atoms in total. The minimum Gasteiger partial charge on any atom is -0.483 e. The van der Waals surface area contributed by atoms with Gasteiger partial charge in [-0.25, -0.2) is 0 Å². The van der Waals surface area contributed by atoms with Gasteiger partial charge >= 0.3 is 0 Å². The van der Waals surface area contributed by atoms with Crippen molar-refractivity contribution in [1.29, 1.82) is 0 Å². The molecule has 0 bridgehead atoms. The summed E-state index contributed by atoms with van der Waals surface area (Å²) in [5, 5.41) is 11.6. The number of aromatic nitrogens is 3. The Balaban J connectivity index is 1.88. The highest BCUT2D eigenvalue weighted by Crippen LogP contribution is 2.39.